The molecule has 1 aromatic carbocycles. The van der Waals surface area contributed by atoms with Crippen LogP contribution in [0.3, 0.4) is 0 Å². The Labute approximate surface area is 96.2 Å². The Morgan fingerprint density at radius 2 is 1.81 bits per heavy atom. The van der Waals surface area contributed by atoms with Crippen LogP contribution >= 0.6 is 0 Å². The van der Waals surface area contributed by atoms with E-state index in [1.807, 2.05) is 0 Å². The predicted molar refractivity (Wildman–Crippen MR) is 62.9 cm³/mol. The van der Waals surface area contributed by atoms with E-state index >= 15 is 0 Å². The zero-order valence-electron chi connectivity index (χ0n) is 9.43. The molecule has 0 aromatic heterocycles. The van der Waals surface area contributed by atoms with Gasteiger partial charge in [-0.1, -0.05) is 24.3 Å². The lowest BCUT2D eigenvalue weighted by Crippen LogP contribution is -2.56. The maximum Gasteiger partial charge on any atom is 0.0731 e. The van der Waals surface area contributed by atoms with Gasteiger partial charge in [-0.3, -0.25) is 4.90 Å². The SMILES string of the molecule is NCc1ccccc1CN1CC2CC(C1)O2. The normalized spacial score (nSPS) is 28.8. The standard InChI is InChI=1S/C13H18N2O/c14-6-10-3-1-2-4-11(10)7-15-8-12-5-13(9-15)16-12/h1-4,12-13H,5-9,14H2. The average Bonchev–Trinajstić information content (AvgIpc) is 2.29. The molecular weight excluding hydrogens is 200 g/mol. The summed E-state index contributed by atoms with van der Waals surface area (Å²) in [7, 11) is 0. The van der Waals surface area contributed by atoms with Crippen molar-refractivity contribution in [1.29, 1.82) is 0 Å². The van der Waals surface area contributed by atoms with Gasteiger partial charge in [0, 0.05) is 32.6 Å². The number of nitrogens with two attached hydrogens (primary N) is 1. The second kappa shape index (κ2) is 4.17. The van der Waals surface area contributed by atoms with Crippen molar-refractivity contribution >= 4 is 0 Å². The average molecular weight is 218 g/mol. The van der Waals surface area contributed by atoms with Gasteiger partial charge in [0.1, 0.15) is 0 Å². The zero-order chi connectivity index (χ0) is 11.0. The quantitative estimate of drug-likeness (QED) is 0.826. The fourth-order valence-electron chi connectivity index (χ4n) is 2.72. The van der Waals surface area contributed by atoms with Gasteiger partial charge < -0.3 is 10.5 Å². The number of nitrogens with zero attached hydrogens (tertiary/aromatic N) is 1. The van der Waals surface area contributed by atoms with Crippen LogP contribution in [-0.2, 0) is 17.8 Å². The first-order valence-corrected chi connectivity index (χ1v) is 6.00. The first-order valence-electron chi connectivity index (χ1n) is 6.00. The lowest BCUT2D eigenvalue weighted by atomic mass is 9.97. The Kier molecular flexibility index (Phi) is 2.67. The van der Waals surface area contributed by atoms with Gasteiger partial charge in [0.15, 0.2) is 0 Å². The molecule has 0 radical (unpaired) electrons. The molecule has 3 aliphatic heterocycles. The van der Waals surface area contributed by atoms with Crippen LogP contribution < -0.4 is 5.73 Å². The first kappa shape index (κ1) is 10.3. The minimum Gasteiger partial charge on any atom is -0.372 e. The summed E-state index contributed by atoms with van der Waals surface area (Å²) in [6.45, 7) is 3.81. The summed E-state index contributed by atoms with van der Waals surface area (Å²) in [6.07, 6.45) is 2.24. The van der Waals surface area contributed by atoms with Gasteiger partial charge in [-0.2, -0.15) is 0 Å². The van der Waals surface area contributed by atoms with Crippen LogP contribution in [0.2, 0.25) is 0 Å². The molecule has 2 atom stereocenters. The molecule has 0 spiro atoms. The van der Waals surface area contributed by atoms with Crippen molar-refractivity contribution in [2.45, 2.75) is 31.7 Å². The van der Waals surface area contributed by atoms with Gasteiger partial charge in [0.05, 0.1) is 12.2 Å². The number of hydrogen-bond donors (Lipinski definition) is 1. The van der Waals surface area contributed by atoms with Gasteiger partial charge in [-0.25, -0.2) is 0 Å². The summed E-state index contributed by atoms with van der Waals surface area (Å²) < 4.78 is 5.63. The van der Waals surface area contributed by atoms with E-state index in [4.69, 9.17) is 10.5 Å². The molecule has 16 heavy (non-hydrogen) atoms. The van der Waals surface area contributed by atoms with Crippen molar-refractivity contribution in [2.24, 2.45) is 5.73 Å². The fourth-order valence-corrected chi connectivity index (χ4v) is 2.72. The van der Waals surface area contributed by atoms with E-state index in [2.05, 4.69) is 29.2 Å². The highest BCUT2D eigenvalue weighted by Crippen LogP contribution is 2.29. The molecule has 3 fully saturated rings. The Balaban J connectivity index is 1.69. The van der Waals surface area contributed by atoms with E-state index in [1.165, 1.54) is 17.5 Å². The molecule has 4 rings (SSSR count). The lowest BCUT2D eigenvalue weighted by Gasteiger charge is -2.47. The Bertz CT molecular complexity index is 364. The molecule has 2 bridgehead atoms. The molecule has 0 aliphatic carbocycles. The van der Waals surface area contributed by atoms with E-state index in [0.29, 0.717) is 18.8 Å². The summed E-state index contributed by atoms with van der Waals surface area (Å²) in [5.74, 6) is 0. The van der Waals surface area contributed by atoms with Gasteiger partial charge >= 0.3 is 0 Å². The van der Waals surface area contributed by atoms with Crippen LogP contribution in [0.5, 0.6) is 0 Å². The lowest BCUT2D eigenvalue weighted by molar-refractivity contribution is -0.182. The van der Waals surface area contributed by atoms with Crippen LogP contribution in [0, 0.1) is 0 Å². The van der Waals surface area contributed by atoms with Crippen LogP contribution in [0.15, 0.2) is 24.3 Å². The van der Waals surface area contributed by atoms with Crippen LogP contribution in [0.25, 0.3) is 0 Å². The summed E-state index contributed by atoms with van der Waals surface area (Å²) in [5.41, 5.74) is 8.38. The van der Waals surface area contributed by atoms with Gasteiger partial charge in [0.25, 0.3) is 0 Å². The smallest absolute Gasteiger partial charge is 0.0731 e. The fraction of sp³-hybridized carbons (Fsp3) is 0.538. The predicted octanol–water partition coefficient (Wildman–Crippen LogP) is 1.12. The minimum absolute atomic E-state index is 0.490. The molecular formula is C13H18N2O. The summed E-state index contributed by atoms with van der Waals surface area (Å²) in [5, 5.41) is 0. The second-order valence-electron chi connectivity index (χ2n) is 4.78. The molecule has 86 valence electrons. The Hall–Kier alpha value is -0.900. The number of hydrogen-bond acceptors (Lipinski definition) is 3. The van der Waals surface area contributed by atoms with E-state index in [0.717, 1.165) is 19.6 Å². The largest absolute Gasteiger partial charge is 0.372 e. The van der Waals surface area contributed by atoms with Crippen LogP contribution in [0.1, 0.15) is 17.5 Å². The van der Waals surface area contributed by atoms with Crippen molar-refractivity contribution in [3.8, 4) is 0 Å². The number of piperidine rings is 1. The highest BCUT2D eigenvalue weighted by molar-refractivity contribution is 5.26. The molecule has 3 heterocycles. The van der Waals surface area contributed by atoms with Crippen molar-refractivity contribution < 1.29 is 4.74 Å². The molecule has 3 nitrogen and oxygen atoms in total. The van der Waals surface area contributed by atoms with Gasteiger partial charge in [-0.05, 0) is 11.1 Å². The molecule has 1 aromatic rings. The highest BCUT2D eigenvalue weighted by Gasteiger charge is 2.38. The van der Waals surface area contributed by atoms with Crippen molar-refractivity contribution in [1.82, 2.24) is 4.90 Å². The van der Waals surface area contributed by atoms with Gasteiger partial charge in [0.2, 0.25) is 0 Å². The van der Waals surface area contributed by atoms with Crippen LogP contribution in [0.4, 0.5) is 0 Å². The number of fused-ring (bicyclic) bond motifs is 2. The molecule has 0 saturated carbocycles. The molecule has 3 heteroatoms. The third-order valence-corrected chi connectivity index (χ3v) is 3.57. The maximum absolute atomic E-state index is 5.75. The topological polar surface area (TPSA) is 38.5 Å². The minimum atomic E-state index is 0.490. The second-order valence-corrected chi connectivity index (χ2v) is 4.78. The van der Waals surface area contributed by atoms with Crippen molar-refractivity contribution in [3.63, 3.8) is 0 Å². The third kappa shape index (κ3) is 1.86. The maximum atomic E-state index is 5.75. The van der Waals surface area contributed by atoms with Gasteiger partial charge in [-0.15, -0.1) is 0 Å². The number of morpholine rings is 1. The summed E-state index contributed by atoms with van der Waals surface area (Å²) in [4.78, 5) is 2.48. The van der Waals surface area contributed by atoms with Crippen molar-refractivity contribution in [3.05, 3.63) is 35.4 Å². The molecule has 3 aliphatic rings. The zero-order valence-corrected chi connectivity index (χ0v) is 9.43. The van der Waals surface area contributed by atoms with E-state index < -0.39 is 0 Å². The third-order valence-electron chi connectivity index (χ3n) is 3.57. The monoisotopic (exact) mass is 218 g/mol. The van der Waals surface area contributed by atoms with Crippen molar-refractivity contribution in [2.75, 3.05) is 13.1 Å². The van der Waals surface area contributed by atoms with E-state index in [1.54, 1.807) is 0 Å². The highest BCUT2D eigenvalue weighted by atomic mass is 16.5. The Morgan fingerprint density at radius 3 is 2.44 bits per heavy atom. The summed E-state index contributed by atoms with van der Waals surface area (Å²) >= 11 is 0. The number of rotatable bonds is 3. The molecule has 2 N–H and O–H groups in total. The van der Waals surface area contributed by atoms with E-state index in [-0.39, 0.29) is 0 Å². The summed E-state index contributed by atoms with van der Waals surface area (Å²) in [6, 6.07) is 8.46. The molecule has 3 saturated heterocycles. The number of benzene rings is 1. The molecule has 2 unspecified atom stereocenters. The molecule has 0 amide bonds. The number of ether oxygens (including phenoxy) is 1. The van der Waals surface area contributed by atoms with E-state index in [9.17, 15) is 0 Å². The first-order chi connectivity index (χ1) is 7.85. The Morgan fingerprint density at radius 1 is 1.19 bits per heavy atom. The van der Waals surface area contributed by atoms with Crippen LogP contribution in [-0.4, -0.2) is 30.2 Å².